The van der Waals surface area contributed by atoms with Gasteiger partial charge in [-0.2, -0.15) is 0 Å². The molecule has 1 amide bonds. The maximum absolute atomic E-state index is 11.7. The summed E-state index contributed by atoms with van der Waals surface area (Å²) in [6.45, 7) is 0.691. The number of benzene rings is 2. The van der Waals surface area contributed by atoms with E-state index < -0.39 is 0 Å². The van der Waals surface area contributed by atoms with Gasteiger partial charge in [0.05, 0.1) is 5.75 Å². The van der Waals surface area contributed by atoms with Gasteiger partial charge in [-0.3, -0.25) is 4.79 Å². The second-order valence-corrected chi connectivity index (χ2v) is 7.22. The zero-order chi connectivity index (χ0) is 15.6. The first-order valence-electron chi connectivity index (χ1n) is 7.01. The number of halogens is 1. The highest BCUT2D eigenvalue weighted by Gasteiger charge is 2.02. The number of nitrogens with one attached hydrogen (secondary N) is 1. The summed E-state index contributed by atoms with van der Waals surface area (Å²) in [5, 5.41) is 3.68. The third-order valence-corrected chi connectivity index (χ3v) is 5.08. The first-order valence-corrected chi connectivity index (χ1v) is 9.52. The molecule has 0 aromatic heterocycles. The Balaban J connectivity index is 1.56. The van der Waals surface area contributed by atoms with E-state index in [1.54, 1.807) is 23.5 Å². The predicted molar refractivity (Wildman–Crippen MR) is 97.8 cm³/mol. The first-order chi connectivity index (χ1) is 10.7. The number of carbonyl (C=O) groups is 1. The summed E-state index contributed by atoms with van der Waals surface area (Å²) in [6.07, 6.45) is 0. The van der Waals surface area contributed by atoms with Crippen LogP contribution in [0.2, 0.25) is 5.02 Å². The van der Waals surface area contributed by atoms with Crippen molar-refractivity contribution in [2.75, 3.05) is 18.1 Å². The molecular weight excluding hydrogens is 334 g/mol. The van der Waals surface area contributed by atoms with Gasteiger partial charge in [0, 0.05) is 28.0 Å². The molecule has 0 aliphatic rings. The minimum absolute atomic E-state index is 0.0840. The van der Waals surface area contributed by atoms with Crippen molar-refractivity contribution in [1.29, 1.82) is 0 Å². The van der Waals surface area contributed by atoms with Gasteiger partial charge in [0.15, 0.2) is 0 Å². The Kier molecular flexibility index (Phi) is 7.71. The van der Waals surface area contributed by atoms with E-state index in [9.17, 15) is 4.79 Å². The van der Waals surface area contributed by atoms with Gasteiger partial charge in [-0.15, -0.1) is 23.5 Å². The molecular formula is C17H18ClNOS2. The molecule has 2 rings (SSSR count). The normalized spacial score (nSPS) is 10.4. The van der Waals surface area contributed by atoms with Crippen molar-refractivity contribution in [3.63, 3.8) is 0 Å². The van der Waals surface area contributed by atoms with Gasteiger partial charge in [0.25, 0.3) is 0 Å². The molecule has 0 saturated heterocycles. The Labute approximate surface area is 145 Å². The molecule has 5 heteroatoms. The minimum atomic E-state index is 0.0840. The van der Waals surface area contributed by atoms with E-state index in [1.165, 1.54) is 4.90 Å². The number of carbonyl (C=O) groups excluding carboxylic acids is 1. The largest absolute Gasteiger partial charge is 0.355 e. The first kappa shape index (κ1) is 17.3. The standard InChI is InChI=1S/C17H18ClNOS2/c18-15-6-4-5-14(11-15)12-21-13-17(20)19-9-10-22-16-7-2-1-3-8-16/h1-8,11H,9-10,12-13H2,(H,19,20). The minimum Gasteiger partial charge on any atom is -0.355 e. The van der Waals surface area contributed by atoms with E-state index in [0.29, 0.717) is 12.3 Å². The lowest BCUT2D eigenvalue weighted by Gasteiger charge is -2.05. The van der Waals surface area contributed by atoms with Gasteiger partial charge in [0.2, 0.25) is 5.91 Å². The Hall–Kier alpha value is -1.10. The maximum Gasteiger partial charge on any atom is 0.230 e. The third kappa shape index (κ3) is 6.77. The van der Waals surface area contributed by atoms with Gasteiger partial charge in [0.1, 0.15) is 0 Å². The van der Waals surface area contributed by atoms with Crippen molar-refractivity contribution in [2.24, 2.45) is 0 Å². The molecule has 22 heavy (non-hydrogen) atoms. The maximum atomic E-state index is 11.7. The van der Waals surface area contributed by atoms with Crippen LogP contribution in [0.25, 0.3) is 0 Å². The topological polar surface area (TPSA) is 29.1 Å². The fourth-order valence-electron chi connectivity index (χ4n) is 1.82. The van der Waals surface area contributed by atoms with Crippen molar-refractivity contribution in [1.82, 2.24) is 5.32 Å². The summed E-state index contributed by atoms with van der Waals surface area (Å²) >= 11 is 9.28. The quantitative estimate of drug-likeness (QED) is 0.561. The van der Waals surface area contributed by atoms with Gasteiger partial charge >= 0.3 is 0 Å². The van der Waals surface area contributed by atoms with Crippen LogP contribution in [0.3, 0.4) is 0 Å². The number of hydrogen-bond acceptors (Lipinski definition) is 3. The van der Waals surface area contributed by atoms with Crippen molar-refractivity contribution < 1.29 is 4.79 Å². The van der Waals surface area contributed by atoms with E-state index in [-0.39, 0.29) is 5.91 Å². The molecule has 0 heterocycles. The summed E-state index contributed by atoms with van der Waals surface area (Å²) in [7, 11) is 0. The molecule has 2 aromatic carbocycles. The monoisotopic (exact) mass is 351 g/mol. The second kappa shape index (κ2) is 9.82. The highest BCUT2D eigenvalue weighted by atomic mass is 35.5. The third-order valence-electron chi connectivity index (χ3n) is 2.83. The molecule has 2 nitrogen and oxygen atoms in total. The van der Waals surface area contributed by atoms with E-state index in [2.05, 4.69) is 17.4 Å². The van der Waals surface area contributed by atoms with Crippen LogP contribution < -0.4 is 5.32 Å². The summed E-state index contributed by atoms with van der Waals surface area (Å²) in [5.74, 6) is 2.24. The number of hydrogen-bond donors (Lipinski definition) is 1. The highest BCUT2D eigenvalue weighted by molar-refractivity contribution is 7.99. The Morgan fingerprint density at radius 3 is 2.68 bits per heavy atom. The van der Waals surface area contributed by atoms with E-state index in [0.717, 1.165) is 22.1 Å². The fourth-order valence-corrected chi connectivity index (χ4v) is 3.62. The van der Waals surface area contributed by atoms with Gasteiger partial charge in [-0.25, -0.2) is 0 Å². The van der Waals surface area contributed by atoms with Crippen LogP contribution >= 0.6 is 35.1 Å². The van der Waals surface area contributed by atoms with E-state index >= 15 is 0 Å². The van der Waals surface area contributed by atoms with Crippen LogP contribution in [-0.2, 0) is 10.5 Å². The van der Waals surface area contributed by atoms with Crippen LogP contribution in [0.1, 0.15) is 5.56 Å². The number of thioether (sulfide) groups is 2. The molecule has 0 aliphatic carbocycles. The molecule has 0 unspecified atom stereocenters. The van der Waals surface area contributed by atoms with Crippen LogP contribution in [-0.4, -0.2) is 24.0 Å². The average Bonchev–Trinajstić information content (AvgIpc) is 2.53. The van der Waals surface area contributed by atoms with Crippen molar-refractivity contribution in [2.45, 2.75) is 10.6 Å². The molecule has 0 radical (unpaired) electrons. The Morgan fingerprint density at radius 2 is 1.91 bits per heavy atom. The van der Waals surface area contributed by atoms with Crippen LogP contribution in [0.15, 0.2) is 59.5 Å². The van der Waals surface area contributed by atoms with Crippen molar-refractivity contribution >= 4 is 41.0 Å². The molecule has 0 fully saturated rings. The molecule has 2 aromatic rings. The lowest BCUT2D eigenvalue weighted by Crippen LogP contribution is -2.27. The zero-order valence-electron chi connectivity index (χ0n) is 12.1. The van der Waals surface area contributed by atoms with Crippen LogP contribution in [0.4, 0.5) is 0 Å². The Bertz CT molecular complexity index is 592. The van der Waals surface area contributed by atoms with Gasteiger partial charge in [-0.05, 0) is 29.8 Å². The lowest BCUT2D eigenvalue weighted by atomic mass is 10.2. The van der Waals surface area contributed by atoms with E-state index in [1.807, 2.05) is 42.5 Å². The summed E-state index contributed by atoms with van der Waals surface area (Å²) in [6, 6.07) is 17.9. The molecule has 0 bridgehead atoms. The van der Waals surface area contributed by atoms with E-state index in [4.69, 9.17) is 11.6 Å². The Morgan fingerprint density at radius 1 is 1.09 bits per heavy atom. The summed E-state index contributed by atoms with van der Waals surface area (Å²) in [4.78, 5) is 13.0. The second-order valence-electron chi connectivity index (χ2n) is 4.63. The SMILES string of the molecule is O=C(CSCc1cccc(Cl)c1)NCCSc1ccccc1. The molecule has 0 saturated carbocycles. The summed E-state index contributed by atoms with van der Waals surface area (Å²) in [5.41, 5.74) is 1.14. The molecule has 0 spiro atoms. The van der Waals surface area contributed by atoms with Crippen LogP contribution in [0, 0.1) is 0 Å². The highest BCUT2D eigenvalue weighted by Crippen LogP contribution is 2.17. The number of rotatable bonds is 8. The van der Waals surface area contributed by atoms with Gasteiger partial charge < -0.3 is 5.32 Å². The van der Waals surface area contributed by atoms with Crippen LogP contribution in [0.5, 0.6) is 0 Å². The smallest absolute Gasteiger partial charge is 0.230 e. The zero-order valence-corrected chi connectivity index (χ0v) is 14.5. The molecule has 0 aliphatic heterocycles. The summed E-state index contributed by atoms with van der Waals surface area (Å²) < 4.78 is 0. The lowest BCUT2D eigenvalue weighted by molar-refractivity contribution is -0.118. The number of amides is 1. The fraction of sp³-hybridized carbons (Fsp3) is 0.235. The molecule has 1 N–H and O–H groups in total. The van der Waals surface area contributed by atoms with Crippen molar-refractivity contribution in [3.8, 4) is 0 Å². The molecule has 0 atom stereocenters. The average molecular weight is 352 g/mol. The predicted octanol–water partition coefficient (Wildman–Crippen LogP) is 4.48. The molecule has 116 valence electrons. The van der Waals surface area contributed by atoms with Gasteiger partial charge in [-0.1, -0.05) is 41.9 Å². The van der Waals surface area contributed by atoms with Crippen molar-refractivity contribution in [3.05, 3.63) is 65.2 Å².